The molecule has 0 spiro atoms. The first kappa shape index (κ1) is 7.13. The summed E-state index contributed by atoms with van der Waals surface area (Å²) in [6.07, 6.45) is 6.09. The molecule has 0 aromatic rings. The molecule has 0 saturated heterocycles. The Morgan fingerprint density at radius 1 is 1.22 bits per heavy atom. The van der Waals surface area contributed by atoms with E-state index in [-0.39, 0.29) is 4.75 Å². The van der Waals surface area contributed by atoms with Gasteiger partial charge in [0.25, 0.3) is 0 Å². The topological polar surface area (TPSA) is 17.1 Å². The third-order valence-corrected chi connectivity index (χ3v) is 2.92. The standard InChI is InChI=1S/C7H13OS/c1-7(9-8)5-3-2-4-6-7/h2-6H2,1H3/q+1. The summed E-state index contributed by atoms with van der Waals surface area (Å²) in [7, 11) is 0. The van der Waals surface area contributed by atoms with Gasteiger partial charge in [-0.15, -0.1) is 0 Å². The van der Waals surface area contributed by atoms with Gasteiger partial charge in [0.05, 0.1) is 0 Å². The fourth-order valence-electron chi connectivity index (χ4n) is 1.38. The van der Waals surface area contributed by atoms with Crippen molar-refractivity contribution in [1.29, 1.82) is 0 Å². The fraction of sp³-hybridized carbons (Fsp3) is 1.00. The van der Waals surface area contributed by atoms with Crippen LogP contribution in [0.15, 0.2) is 0 Å². The van der Waals surface area contributed by atoms with Gasteiger partial charge in [-0.3, -0.25) is 0 Å². The summed E-state index contributed by atoms with van der Waals surface area (Å²) in [6, 6.07) is 0. The summed E-state index contributed by atoms with van der Waals surface area (Å²) in [5.41, 5.74) is 0. The molecule has 0 amide bonds. The summed E-state index contributed by atoms with van der Waals surface area (Å²) < 4.78 is 10.6. The zero-order valence-electron chi connectivity index (χ0n) is 5.85. The van der Waals surface area contributed by atoms with Crippen molar-refractivity contribution >= 4 is 11.7 Å². The van der Waals surface area contributed by atoms with Crippen LogP contribution < -0.4 is 0 Å². The van der Waals surface area contributed by atoms with Crippen LogP contribution in [0.5, 0.6) is 0 Å². The minimum atomic E-state index is 0.0816. The fourth-order valence-corrected chi connectivity index (χ4v) is 1.84. The van der Waals surface area contributed by atoms with E-state index in [1.807, 2.05) is 0 Å². The zero-order chi connectivity index (χ0) is 6.74. The molecule has 0 bridgehead atoms. The Hall–Kier alpha value is 0.0200. The highest BCUT2D eigenvalue weighted by Crippen LogP contribution is 2.28. The highest BCUT2D eigenvalue weighted by atomic mass is 32.1. The Morgan fingerprint density at radius 3 is 2.11 bits per heavy atom. The molecule has 2 heteroatoms. The van der Waals surface area contributed by atoms with Crippen molar-refractivity contribution in [2.75, 3.05) is 0 Å². The minimum absolute atomic E-state index is 0.0816. The van der Waals surface area contributed by atoms with Crippen molar-refractivity contribution in [3.8, 4) is 0 Å². The molecule has 0 aromatic carbocycles. The summed E-state index contributed by atoms with van der Waals surface area (Å²) in [5.74, 6) is 0. The third-order valence-electron chi connectivity index (χ3n) is 2.11. The van der Waals surface area contributed by atoms with E-state index in [9.17, 15) is 4.21 Å². The van der Waals surface area contributed by atoms with E-state index >= 15 is 0 Å². The smallest absolute Gasteiger partial charge is 0.0529 e. The zero-order valence-corrected chi connectivity index (χ0v) is 6.67. The molecule has 0 aromatic heterocycles. The van der Waals surface area contributed by atoms with Gasteiger partial charge >= 0.3 is 11.7 Å². The number of rotatable bonds is 1. The number of hydrogen-bond donors (Lipinski definition) is 0. The van der Waals surface area contributed by atoms with Crippen LogP contribution in [0.2, 0.25) is 0 Å². The maximum absolute atomic E-state index is 10.5. The third kappa shape index (κ3) is 1.71. The molecule has 0 heterocycles. The van der Waals surface area contributed by atoms with Gasteiger partial charge in [0.15, 0.2) is 0 Å². The van der Waals surface area contributed by atoms with Crippen LogP contribution in [0.25, 0.3) is 0 Å². The lowest BCUT2D eigenvalue weighted by molar-refractivity contribution is 0.411. The second kappa shape index (κ2) is 2.74. The largest absolute Gasteiger partial charge is 0.465 e. The van der Waals surface area contributed by atoms with Gasteiger partial charge in [0.1, 0.15) is 0 Å². The van der Waals surface area contributed by atoms with Gasteiger partial charge in [-0.05, 0) is 12.8 Å². The Kier molecular flexibility index (Phi) is 2.17. The predicted octanol–water partition coefficient (Wildman–Crippen LogP) is 2.14. The summed E-state index contributed by atoms with van der Waals surface area (Å²) in [5, 5.41) is 0. The molecule has 1 fully saturated rings. The molecular weight excluding hydrogens is 132 g/mol. The van der Waals surface area contributed by atoms with Gasteiger partial charge in [-0.2, -0.15) is 0 Å². The van der Waals surface area contributed by atoms with Crippen LogP contribution in [-0.4, -0.2) is 4.75 Å². The highest BCUT2D eigenvalue weighted by Gasteiger charge is 2.39. The normalized spacial score (nSPS) is 25.4. The molecule has 1 saturated carbocycles. The van der Waals surface area contributed by atoms with Crippen molar-refractivity contribution in [3.63, 3.8) is 0 Å². The molecule has 0 unspecified atom stereocenters. The summed E-state index contributed by atoms with van der Waals surface area (Å²) in [4.78, 5) is 0. The molecule has 1 rings (SSSR count). The van der Waals surface area contributed by atoms with Crippen molar-refractivity contribution in [2.24, 2.45) is 0 Å². The van der Waals surface area contributed by atoms with Crippen molar-refractivity contribution in [1.82, 2.24) is 0 Å². The van der Waals surface area contributed by atoms with E-state index in [4.69, 9.17) is 0 Å². The lowest BCUT2D eigenvalue weighted by atomic mass is 9.90. The first-order valence-electron chi connectivity index (χ1n) is 3.58. The van der Waals surface area contributed by atoms with Crippen LogP contribution in [0, 0.1) is 0 Å². The van der Waals surface area contributed by atoms with Crippen LogP contribution in [0.1, 0.15) is 39.0 Å². The van der Waals surface area contributed by atoms with Crippen LogP contribution in [0.3, 0.4) is 0 Å². The Morgan fingerprint density at radius 2 is 1.78 bits per heavy atom. The van der Waals surface area contributed by atoms with E-state index < -0.39 is 0 Å². The Balaban J connectivity index is 2.46. The number of hydrogen-bond acceptors (Lipinski definition) is 1. The molecule has 0 atom stereocenters. The first-order chi connectivity index (χ1) is 4.27. The minimum Gasteiger partial charge on any atom is -0.0529 e. The van der Waals surface area contributed by atoms with Gasteiger partial charge in [0, 0.05) is 24.0 Å². The lowest BCUT2D eigenvalue weighted by Crippen LogP contribution is -2.25. The predicted molar refractivity (Wildman–Crippen MR) is 39.5 cm³/mol. The van der Waals surface area contributed by atoms with Crippen molar-refractivity contribution in [2.45, 2.75) is 43.8 Å². The average molecular weight is 145 g/mol. The molecule has 0 aliphatic heterocycles. The average Bonchev–Trinajstić information content (AvgIpc) is 1.90. The van der Waals surface area contributed by atoms with Crippen molar-refractivity contribution < 1.29 is 4.21 Å². The van der Waals surface area contributed by atoms with Gasteiger partial charge in [0.2, 0.25) is 4.75 Å². The first-order valence-corrected chi connectivity index (χ1v) is 4.32. The van der Waals surface area contributed by atoms with E-state index in [2.05, 4.69) is 6.92 Å². The van der Waals surface area contributed by atoms with Gasteiger partial charge in [-0.25, -0.2) is 0 Å². The molecule has 1 aliphatic rings. The molecule has 1 nitrogen and oxygen atoms in total. The quantitative estimate of drug-likeness (QED) is 0.517. The second-order valence-corrected chi connectivity index (χ2v) is 4.25. The summed E-state index contributed by atoms with van der Waals surface area (Å²) in [6.45, 7) is 2.09. The maximum atomic E-state index is 10.5. The van der Waals surface area contributed by atoms with Crippen molar-refractivity contribution in [3.05, 3.63) is 0 Å². The van der Waals surface area contributed by atoms with E-state index in [0.717, 1.165) is 24.5 Å². The Bertz CT molecular complexity index is 105. The van der Waals surface area contributed by atoms with E-state index in [0.29, 0.717) is 0 Å². The van der Waals surface area contributed by atoms with Crippen LogP contribution in [0.4, 0.5) is 0 Å². The second-order valence-electron chi connectivity index (χ2n) is 3.09. The monoisotopic (exact) mass is 145 g/mol. The highest BCUT2D eigenvalue weighted by molar-refractivity contribution is 7.67. The maximum Gasteiger partial charge on any atom is 0.465 e. The molecule has 0 radical (unpaired) electrons. The van der Waals surface area contributed by atoms with Gasteiger partial charge in [-0.1, -0.05) is 6.42 Å². The summed E-state index contributed by atoms with van der Waals surface area (Å²) >= 11 is 0.798. The SMILES string of the molecule is CC1([S+]=O)CCCCC1. The molecule has 52 valence electrons. The molecular formula is C7H13OS+. The molecule has 9 heavy (non-hydrogen) atoms. The van der Waals surface area contributed by atoms with E-state index in [1.165, 1.54) is 19.3 Å². The van der Waals surface area contributed by atoms with Crippen LogP contribution >= 0.6 is 0 Å². The van der Waals surface area contributed by atoms with Gasteiger partial charge < -0.3 is 0 Å². The lowest BCUT2D eigenvalue weighted by Gasteiger charge is -2.16. The van der Waals surface area contributed by atoms with Crippen LogP contribution in [-0.2, 0) is 15.9 Å². The molecule has 0 N–H and O–H groups in total. The van der Waals surface area contributed by atoms with E-state index in [1.54, 1.807) is 0 Å². The molecule has 1 aliphatic carbocycles. The Labute approximate surface area is 60.3 Å².